The highest BCUT2D eigenvalue weighted by Gasteiger charge is 2.06. The molecule has 0 saturated heterocycles. The van der Waals surface area contributed by atoms with Crippen molar-refractivity contribution in [2.45, 2.75) is 33.3 Å². The van der Waals surface area contributed by atoms with Crippen LogP contribution in [0.25, 0.3) is 0 Å². The van der Waals surface area contributed by atoms with Crippen molar-refractivity contribution in [3.63, 3.8) is 0 Å². The number of hydrogen-bond acceptors (Lipinski definition) is 2. The minimum Gasteiger partial charge on any atom is -0.371 e. The molecule has 0 atom stereocenters. The lowest BCUT2D eigenvalue weighted by Gasteiger charge is -2.07. The van der Waals surface area contributed by atoms with Crippen molar-refractivity contribution in [1.29, 1.82) is 0 Å². The molecule has 1 aromatic carbocycles. The van der Waals surface area contributed by atoms with Crippen molar-refractivity contribution >= 4 is 5.78 Å². The Morgan fingerprint density at radius 3 is 2.60 bits per heavy atom. The lowest BCUT2D eigenvalue weighted by molar-refractivity contribution is -0.124. The summed E-state index contributed by atoms with van der Waals surface area (Å²) in [5.41, 5.74) is 2.25. The molecule has 0 saturated carbocycles. The minimum atomic E-state index is 0.117. The molecular formula is C13H18O2. The van der Waals surface area contributed by atoms with Gasteiger partial charge in [-0.2, -0.15) is 0 Å². The molecule has 2 heteroatoms. The fraction of sp³-hybridized carbons (Fsp3) is 0.462. The summed E-state index contributed by atoms with van der Waals surface area (Å²) in [5, 5.41) is 0. The van der Waals surface area contributed by atoms with Gasteiger partial charge >= 0.3 is 0 Å². The zero-order chi connectivity index (χ0) is 11.3. The Morgan fingerprint density at radius 1 is 1.33 bits per heavy atom. The fourth-order valence-electron chi connectivity index (χ4n) is 1.33. The van der Waals surface area contributed by atoms with Gasteiger partial charge < -0.3 is 4.74 Å². The molecule has 0 aliphatic carbocycles. The highest BCUT2D eigenvalue weighted by molar-refractivity contribution is 5.82. The molecule has 0 fully saturated rings. The van der Waals surface area contributed by atoms with Gasteiger partial charge in [-0.25, -0.2) is 0 Å². The van der Waals surface area contributed by atoms with E-state index in [1.54, 1.807) is 0 Å². The average molecular weight is 206 g/mol. The molecule has 15 heavy (non-hydrogen) atoms. The number of aryl methyl sites for hydroxylation is 1. The second kappa shape index (κ2) is 5.66. The van der Waals surface area contributed by atoms with E-state index in [1.165, 1.54) is 0 Å². The van der Waals surface area contributed by atoms with Crippen LogP contribution in [0, 0.1) is 6.92 Å². The number of carbonyl (C=O) groups excluding carboxylic acids is 1. The maximum Gasteiger partial charge on any atom is 0.162 e. The van der Waals surface area contributed by atoms with Crippen LogP contribution in [0.1, 0.15) is 25.0 Å². The van der Waals surface area contributed by atoms with Gasteiger partial charge in [-0.3, -0.25) is 4.79 Å². The topological polar surface area (TPSA) is 26.3 Å². The van der Waals surface area contributed by atoms with E-state index in [1.807, 2.05) is 45.0 Å². The van der Waals surface area contributed by atoms with Crippen LogP contribution >= 0.6 is 0 Å². The zero-order valence-corrected chi connectivity index (χ0v) is 9.62. The van der Waals surface area contributed by atoms with Gasteiger partial charge in [-0.1, -0.05) is 24.3 Å². The second-order valence-electron chi connectivity index (χ2n) is 4.00. The van der Waals surface area contributed by atoms with E-state index in [0.29, 0.717) is 6.42 Å². The molecule has 0 radical (unpaired) electrons. The van der Waals surface area contributed by atoms with Gasteiger partial charge in [0.2, 0.25) is 0 Å². The predicted molar refractivity (Wildman–Crippen MR) is 61.0 cm³/mol. The Hall–Kier alpha value is -1.15. The van der Waals surface area contributed by atoms with Gasteiger partial charge in [-0.05, 0) is 31.9 Å². The molecule has 1 aromatic rings. The number of Topliss-reactive ketones (excluding diaryl/α,β-unsaturated/α-hetero) is 1. The molecule has 0 spiro atoms. The largest absolute Gasteiger partial charge is 0.371 e. The Balaban J connectivity index is 2.48. The average Bonchev–Trinajstić information content (AvgIpc) is 2.18. The van der Waals surface area contributed by atoms with Crippen LogP contribution in [0.5, 0.6) is 0 Å². The molecule has 0 aliphatic rings. The molecule has 0 unspecified atom stereocenters. The first-order chi connectivity index (χ1) is 7.09. The summed E-state index contributed by atoms with van der Waals surface area (Å²) in [6.45, 7) is 6.10. The molecule has 0 N–H and O–H groups in total. The SMILES string of the molecule is Cc1ccccc1CC(=O)COC(C)C. The van der Waals surface area contributed by atoms with Gasteiger partial charge in [0.15, 0.2) is 5.78 Å². The Labute approximate surface area is 91.3 Å². The summed E-state index contributed by atoms with van der Waals surface area (Å²) in [5.74, 6) is 0.137. The summed E-state index contributed by atoms with van der Waals surface area (Å²) < 4.78 is 5.27. The van der Waals surface area contributed by atoms with Gasteiger partial charge in [0.05, 0.1) is 6.10 Å². The molecule has 0 bridgehead atoms. The summed E-state index contributed by atoms with van der Waals surface area (Å²) >= 11 is 0. The number of carbonyl (C=O) groups is 1. The minimum absolute atomic E-state index is 0.117. The first kappa shape index (κ1) is 11.9. The number of rotatable bonds is 5. The Bertz CT molecular complexity index is 329. The third-order valence-electron chi connectivity index (χ3n) is 2.23. The van der Waals surface area contributed by atoms with Crippen molar-refractivity contribution in [1.82, 2.24) is 0 Å². The van der Waals surface area contributed by atoms with Crippen LogP contribution in [0.15, 0.2) is 24.3 Å². The second-order valence-corrected chi connectivity index (χ2v) is 4.00. The molecule has 2 nitrogen and oxygen atoms in total. The quantitative estimate of drug-likeness (QED) is 0.740. The summed E-state index contributed by atoms with van der Waals surface area (Å²) in [6.07, 6.45) is 0.588. The number of benzene rings is 1. The third-order valence-corrected chi connectivity index (χ3v) is 2.23. The van der Waals surface area contributed by atoms with E-state index in [9.17, 15) is 4.79 Å². The van der Waals surface area contributed by atoms with Crippen LogP contribution in [-0.2, 0) is 16.0 Å². The number of ether oxygens (including phenoxy) is 1. The van der Waals surface area contributed by atoms with Crippen LogP contribution in [0.4, 0.5) is 0 Å². The third kappa shape index (κ3) is 4.26. The molecule has 1 rings (SSSR count). The van der Waals surface area contributed by atoms with Crippen LogP contribution in [0.3, 0.4) is 0 Å². The molecule has 0 aliphatic heterocycles. The lowest BCUT2D eigenvalue weighted by atomic mass is 10.0. The molecule has 0 amide bonds. The normalized spacial score (nSPS) is 10.7. The summed E-state index contributed by atoms with van der Waals surface area (Å²) in [4.78, 5) is 11.5. The van der Waals surface area contributed by atoms with E-state index in [0.717, 1.165) is 11.1 Å². The Morgan fingerprint density at radius 2 is 2.00 bits per heavy atom. The monoisotopic (exact) mass is 206 g/mol. The first-order valence-electron chi connectivity index (χ1n) is 5.27. The van der Waals surface area contributed by atoms with E-state index in [4.69, 9.17) is 4.74 Å². The number of hydrogen-bond donors (Lipinski definition) is 0. The predicted octanol–water partition coefficient (Wildman–Crippen LogP) is 2.53. The van der Waals surface area contributed by atoms with Crippen LogP contribution < -0.4 is 0 Å². The summed E-state index contributed by atoms with van der Waals surface area (Å²) in [7, 11) is 0. The van der Waals surface area contributed by atoms with Gasteiger partial charge in [-0.15, -0.1) is 0 Å². The van der Waals surface area contributed by atoms with Crippen LogP contribution in [-0.4, -0.2) is 18.5 Å². The molecular weight excluding hydrogens is 188 g/mol. The van der Waals surface area contributed by atoms with Crippen LogP contribution in [0.2, 0.25) is 0 Å². The van der Waals surface area contributed by atoms with E-state index in [2.05, 4.69) is 0 Å². The van der Waals surface area contributed by atoms with E-state index < -0.39 is 0 Å². The summed E-state index contributed by atoms with van der Waals surface area (Å²) in [6, 6.07) is 7.95. The zero-order valence-electron chi connectivity index (χ0n) is 9.62. The highest BCUT2D eigenvalue weighted by Crippen LogP contribution is 2.08. The van der Waals surface area contributed by atoms with E-state index in [-0.39, 0.29) is 18.5 Å². The van der Waals surface area contributed by atoms with Crippen molar-refractivity contribution in [3.05, 3.63) is 35.4 Å². The fourth-order valence-corrected chi connectivity index (χ4v) is 1.33. The van der Waals surface area contributed by atoms with Crippen molar-refractivity contribution in [2.75, 3.05) is 6.61 Å². The van der Waals surface area contributed by atoms with Gasteiger partial charge in [0.25, 0.3) is 0 Å². The van der Waals surface area contributed by atoms with Crippen molar-refractivity contribution < 1.29 is 9.53 Å². The first-order valence-corrected chi connectivity index (χ1v) is 5.27. The van der Waals surface area contributed by atoms with Gasteiger partial charge in [0.1, 0.15) is 6.61 Å². The highest BCUT2D eigenvalue weighted by atomic mass is 16.5. The van der Waals surface area contributed by atoms with Gasteiger partial charge in [0, 0.05) is 6.42 Å². The standard InChI is InChI=1S/C13H18O2/c1-10(2)15-9-13(14)8-12-7-5-4-6-11(12)3/h4-7,10H,8-9H2,1-3H3. The maximum absolute atomic E-state index is 11.5. The molecule has 0 heterocycles. The molecule has 82 valence electrons. The Kier molecular flexibility index (Phi) is 4.50. The maximum atomic E-state index is 11.5. The molecule has 0 aromatic heterocycles. The van der Waals surface area contributed by atoms with E-state index >= 15 is 0 Å². The number of ketones is 1. The lowest BCUT2D eigenvalue weighted by Crippen LogP contribution is -2.15. The van der Waals surface area contributed by atoms with Crippen molar-refractivity contribution in [2.24, 2.45) is 0 Å². The van der Waals surface area contributed by atoms with Crippen molar-refractivity contribution in [3.8, 4) is 0 Å². The smallest absolute Gasteiger partial charge is 0.162 e.